The Kier molecular flexibility index (Phi) is 1.70. The molecule has 1 aromatic rings. The molecule has 0 aliphatic heterocycles. The van der Waals surface area contributed by atoms with Gasteiger partial charge in [0.15, 0.2) is 5.78 Å². The number of carbonyl (C=O) groups is 1. The molecular formula is C10H11NO. The summed E-state index contributed by atoms with van der Waals surface area (Å²) in [7, 11) is 0. The van der Waals surface area contributed by atoms with E-state index in [-0.39, 0.29) is 11.8 Å². The molecule has 2 nitrogen and oxygen atoms in total. The Bertz CT molecular complexity index is 319. The zero-order valence-corrected chi connectivity index (χ0v) is 6.79. The molecule has 1 atom stereocenters. The van der Waals surface area contributed by atoms with Gasteiger partial charge in [-0.15, -0.1) is 0 Å². The third-order valence-corrected chi connectivity index (χ3v) is 2.34. The van der Waals surface area contributed by atoms with Crippen LogP contribution in [0.2, 0.25) is 0 Å². The molecular weight excluding hydrogens is 150 g/mol. The van der Waals surface area contributed by atoms with Crippen LogP contribution in [0.1, 0.15) is 22.3 Å². The highest BCUT2D eigenvalue weighted by Gasteiger charge is 2.23. The summed E-state index contributed by atoms with van der Waals surface area (Å²) in [5, 5.41) is 0. The monoisotopic (exact) mass is 161 g/mol. The van der Waals surface area contributed by atoms with Gasteiger partial charge in [0.05, 0.1) is 6.04 Å². The van der Waals surface area contributed by atoms with Crippen LogP contribution in [0.15, 0.2) is 24.3 Å². The highest BCUT2D eigenvalue weighted by molar-refractivity contribution is 6.02. The van der Waals surface area contributed by atoms with E-state index in [0.29, 0.717) is 0 Å². The highest BCUT2D eigenvalue weighted by atomic mass is 16.1. The van der Waals surface area contributed by atoms with Crippen LogP contribution < -0.4 is 5.73 Å². The van der Waals surface area contributed by atoms with E-state index in [1.165, 1.54) is 0 Å². The quantitative estimate of drug-likeness (QED) is 0.620. The van der Waals surface area contributed by atoms with E-state index >= 15 is 0 Å². The van der Waals surface area contributed by atoms with Crippen molar-refractivity contribution in [3.05, 3.63) is 35.4 Å². The first-order valence-corrected chi connectivity index (χ1v) is 4.17. The largest absolute Gasteiger partial charge is 0.321 e. The third-order valence-electron chi connectivity index (χ3n) is 2.34. The lowest BCUT2D eigenvalue weighted by Crippen LogP contribution is -2.34. The number of hydrogen-bond acceptors (Lipinski definition) is 2. The van der Waals surface area contributed by atoms with E-state index in [1.807, 2.05) is 24.3 Å². The number of rotatable bonds is 0. The Hall–Kier alpha value is -1.15. The van der Waals surface area contributed by atoms with Crippen molar-refractivity contribution in [1.82, 2.24) is 0 Å². The maximum atomic E-state index is 11.5. The fourth-order valence-corrected chi connectivity index (χ4v) is 1.62. The maximum Gasteiger partial charge on any atom is 0.179 e. The van der Waals surface area contributed by atoms with Crippen LogP contribution in [0.3, 0.4) is 0 Å². The molecule has 1 aliphatic carbocycles. The lowest BCUT2D eigenvalue weighted by atomic mass is 9.88. The molecule has 0 bridgehead atoms. The fourth-order valence-electron chi connectivity index (χ4n) is 1.62. The standard InChI is InChI=1S/C10H11NO/c11-9-6-5-7-3-1-2-4-8(7)10(9)12/h1-4,9H,5-6,11H2/t9-/m1/s1. The molecule has 0 radical (unpaired) electrons. The molecule has 0 unspecified atom stereocenters. The second-order valence-electron chi connectivity index (χ2n) is 3.17. The van der Waals surface area contributed by atoms with Crippen molar-refractivity contribution in [2.45, 2.75) is 18.9 Å². The summed E-state index contributed by atoms with van der Waals surface area (Å²) in [6.07, 6.45) is 1.72. The first-order valence-electron chi connectivity index (χ1n) is 4.17. The number of aryl methyl sites for hydroxylation is 1. The van der Waals surface area contributed by atoms with Gasteiger partial charge in [-0.25, -0.2) is 0 Å². The molecule has 62 valence electrons. The second-order valence-corrected chi connectivity index (χ2v) is 3.17. The summed E-state index contributed by atoms with van der Waals surface area (Å²) in [5.41, 5.74) is 7.60. The molecule has 2 N–H and O–H groups in total. The number of hydrogen-bond donors (Lipinski definition) is 1. The average molecular weight is 161 g/mol. The van der Waals surface area contributed by atoms with E-state index in [2.05, 4.69) is 0 Å². The Morgan fingerprint density at radius 2 is 2.08 bits per heavy atom. The minimum absolute atomic E-state index is 0.0943. The number of ketones is 1. The molecule has 0 aromatic heterocycles. The molecule has 0 heterocycles. The van der Waals surface area contributed by atoms with Crippen molar-refractivity contribution in [3.8, 4) is 0 Å². The normalized spacial score (nSPS) is 22.1. The summed E-state index contributed by atoms with van der Waals surface area (Å²) >= 11 is 0. The van der Waals surface area contributed by atoms with Gasteiger partial charge in [0.1, 0.15) is 0 Å². The third kappa shape index (κ3) is 1.04. The number of Topliss-reactive ketones (excluding diaryl/α,β-unsaturated/α-hetero) is 1. The molecule has 0 amide bonds. The zero-order valence-electron chi connectivity index (χ0n) is 6.79. The lowest BCUT2D eigenvalue weighted by Gasteiger charge is -2.19. The first kappa shape index (κ1) is 7.50. The lowest BCUT2D eigenvalue weighted by molar-refractivity contribution is 0.0948. The predicted octanol–water partition coefficient (Wildman–Crippen LogP) is 1.14. The second kappa shape index (κ2) is 2.72. The van der Waals surface area contributed by atoms with Crippen molar-refractivity contribution in [2.75, 3.05) is 0 Å². The molecule has 2 heteroatoms. The number of carbonyl (C=O) groups excluding carboxylic acids is 1. The van der Waals surface area contributed by atoms with Crippen LogP contribution in [0.4, 0.5) is 0 Å². The Morgan fingerprint density at radius 3 is 2.92 bits per heavy atom. The van der Waals surface area contributed by atoms with E-state index in [1.54, 1.807) is 0 Å². The summed E-state index contributed by atoms with van der Waals surface area (Å²) in [5.74, 6) is 0.0943. The minimum Gasteiger partial charge on any atom is -0.321 e. The zero-order chi connectivity index (χ0) is 8.55. The van der Waals surface area contributed by atoms with Gasteiger partial charge >= 0.3 is 0 Å². The predicted molar refractivity (Wildman–Crippen MR) is 47.1 cm³/mol. The van der Waals surface area contributed by atoms with Gasteiger partial charge in [0.25, 0.3) is 0 Å². The molecule has 2 rings (SSSR count). The highest BCUT2D eigenvalue weighted by Crippen LogP contribution is 2.19. The topological polar surface area (TPSA) is 43.1 Å². The van der Waals surface area contributed by atoms with Crippen LogP contribution in [0.5, 0.6) is 0 Å². The van der Waals surface area contributed by atoms with Crippen molar-refractivity contribution in [1.29, 1.82) is 0 Å². The van der Waals surface area contributed by atoms with Gasteiger partial charge in [-0.2, -0.15) is 0 Å². The maximum absolute atomic E-state index is 11.5. The van der Waals surface area contributed by atoms with Crippen LogP contribution in [-0.4, -0.2) is 11.8 Å². The molecule has 1 aliphatic rings. The molecule has 0 fully saturated rings. The van der Waals surface area contributed by atoms with E-state index in [4.69, 9.17) is 5.73 Å². The Balaban J connectivity index is 2.49. The molecule has 0 spiro atoms. The number of nitrogens with two attached hydrogens (primary N) is 1. The molecule has 1 aromatic carbocycles. The Morgan fingerprint density at radius 1 is 1.33 bits per heavy atom. The van der Waals surface area contributed by atoms with Crippen LogP contribution in [0.25, 0.3) is 0 Å². The first-order chi connectivity index (χ1) is 5.79. The van der Waals surface area contributed by atoms with Crippen LogP contribution in [0, 0.1) is 0 Å². The van der Waals surface area contributed by atoms with Crippen LogP contribution in [-0.2, 0) is 6.42 Å². The average Bonchev–Trinajstić information content (AvgIpc) is 2.12. The van der Waals surface area contributed by atoms with E-state index in [9.17, 15) is 4.79 Å². The van der Waals surface area contributed by atoms with Gasteiger partial charge in [0, 0.05) is 5.56 Å². The van der Waals surface area contributed by atoms with Gasteiger partial charge in [-0.3, -0.25) is 4.79 Å². The van der Waals surface area contributed by atoms with Crippen LogP contribution >= 0.6 is 0 Å². The van der Waals surface area contributed by atoms with Gasteiger partial charge in [-0.1, -0.05) is 24.3 Å². The summed E-state index contributed by atoms with van der Waals surface area (Å²) in [4.78, 5) is 11.5. The van der Waals surface area contributed by atoms with Gasteiger partial charge < -0.3 is 5.73 Å². The van der Waals surface area contributed by atoms with Gasteiger partial charge in [0.2, 0.25) is 0 Å². The van der Waals surface area contributed by atoms with Crippen molar-refractivity contribution >= 4 is 5.78 Å². The Labute approximate surface area is 71.4 Å². The molecule has 0 saturated carbocycles. The molecule has 12 heavy (non-hydrogen) atoms. The SMILES string of the molecule is N[C@@H]1CCc2ccccc2C1=O. The van der Waals surface area contributed by atoms with Crippen molar-refractivity contribution in [2.24, 2.45) is 5.73 Å². The van der Waals surface area contributed by atoms with E-state index < -0.39 is 0 Å². The fraction of sp³-hybridized carbons (Fsp3) is 0.300. The van der Waals surface area contributed by atoms with E-state index in [0.717, 1.165) is 24.0 Å². The van der Waals surface area contributed by atoms with Crippen molar-refractivity contribution in [3.63, 3.8) is 0 Å². The minimum atomic E-state index is -0.278. The van der Waals surface area contributed by atoms with Crippen molar-refractivity contribution < 1.29 is 4.79 Å². The molecule has 0 saturated heterocycles. The summed E-state index contributed by atoms with van der Waals surface area (Å²) in [6.45, 7) is 0. The summed E-state index contributed by atoms with van der Waals surface area (Å²) < 4.78 is 0. The summed E-state index contributed by atoms with van der Waals surface area (Å²) in [6, 6.07) is 7.42. The number of fused-ring (bicyclic) bond motifs is 1. The van der Waals surface area contributed by atoms with Gasteiger partial charge in [-0.05, 0) is 18.4 Å². The smallest absolute Gasteiger partial charge is 0.179 e. The number of benzene rings is 1.